The Morgan fingerprint density at radius 2 is 0.784 bits per heavy atom. The second-order valence-corrected chi connectivity index (χ2v) is 40.1. The maximum Gasteiger partial charge on any atom is 0.264 e. The molecule has 0 amide bonds. The number of nitrogens with one attached hydrogen (secondary N) is 1. The Labute approximate surface area is 591 Å². The third kappa shape index (κ3) is 25.3. The third-order valence-electron chi connectivity index (χ3n) is 15.3. The number of hydrogen-bond acceptors (Lipinski definition) is 25. The second-order valence-electron chi connectivity index (χ2n) is 24.0. The molecule has 3 fully saturated rings. The molecule has 3 saturated heterocycles. The molecule has 0 bridgehead atoms. The van der Waals surface area contributed by atoms with E-state index >= 15 is 0 Å². The number of likely N-dealkylation sites (N-methyl/N-ethyl adjacent to an activating group) is 2. The number of nitrogens with two attached hydrogens (primary N) is 1. The van der Waals surface area contributed by atoms with Crippen molar-refractivity contribution in [2.24, 2.45) is 5.73 Å². The Morgan fingerprint density at radius 3 is 1.04 bits per heavy atom. The predicted molar refractivity (Wildman–Crippen MR) is 389 cm³/mol. The summed E-state index contributed by atoms with van der Waals surface area (Å²) in [6, 6.07) is 31.7. The van der Waals surface area contributed by atoms with Crippen molar-refractivity contribution in [2.45, 2.75) is 89.1 Å². The van der Waals surface area contributed by atoms with Crippen molar-refractivity contribution < 1.29 is 75.1 Å². The van der Waals surface area contributed by atoms with Crippen LogP contribution in [-0.2, 0) is 80.2 Å². The number of halogens is 1. The summed E-state index contributed by atoms with van der Waals surface area (Å²) in [7, 11) is -10.6. The van der Waals surface area contributed by atoms with E-state index in [0.29, 0.717) is 50.0 Å². The van der Waals surface area contributed by atoms with Crippen LogP contribution in [0, 0.1) is 0 Å². The van der Waals surface area contributed by atoms with Gasteiger partial charge in [0, 0.05) is 114 Å². The van der Waals surface area contributed by atoms with Gasteiger partial charge in [0.2, 0.25) is 19.1 Å². The summed E-state index contributed by atoms with van der Waals surface area (Å²) < 4.78 is 155. The summed E-state index contributed by atoms with van der Waals surface area (Å²) in [5.41, 5.74) is 6.73. The molecule has 26 nitrogen and oxygen atoms in total. The topological polar surface area (TPSA) is 356 Å². The quantitative estimate of drug-likeness (QED) is 0.0431. The highest BCUT2D eigenvalue weighted by Crippen LogP contribution is 2.33. The molecule has 3 aromatic heterocycles. The molecule has 3 atom stereocenters. The lowest BCUT2D eigenvalue weighted by molar-refractivity contribution is 0.0780. The van der Waals surface area contributed by atoms with Gasteiger partial charge in [-0.3, -0.25) is 4.18 Å². The average Bonchev–Trinajstić information content (AvgIpc) is 1.75. The Kier molecular flexibility index (Phi) is 31.6. The molecule has 9 rings (SSSR count). The van der Waals surface area contributed by atoms with E-state index in [-0.39, 0.29) is 53.3 Å². The van der Waals surface area contributed by atoms with Gasteiger partial charge in [-0.05, 0) is 143 Å². The molecular weight excluding hydrogens is 1450 g/mol. The van der Waals surface area contributed by atoms with Gasteiger partial charge in [0.05, 0.1) is 60.3 Å². The van der Waals surface area contributed by atoms with Crippen LogP contribution in [0.1, 0.15) is 58.2 Å². The van der Waals surface area contributed by atoms with Gasteiger partial charge < -0.3 is 46.2 Å². The van der Waals surface area contributed by atoms with Crippen LogP contribution in [-0.4, -0.2) is 232 Å². The van der Waals surface area contributed by atoms with Crippen LogP contribution in [0.2, 0.25) is 0 Å². The number of nitrogens with zero attached hydrogens (tertiary/aromatic N) is 7. The molecular formula is C61H94ClN9O17S9. The molecule has 0 unspecified atom stereocenters. The zero-order valence-electron chi connectivity index (χ0n) is 56.7. The predicted octanol–water partition coefficient (Wildman–Crippen LogP) is 5.02. The number of benzene rings is 3. The minimum atomic E-state index is -3.68. The SMILES string of the molecule is CC(C)(O)c1ccc(N2CCN(S(=O)(=O)c3cccs3)C[C@@H]2COS(C)(=O)=O)cc1.CN.CN(C[C@H]1CN(S(=O)(=O)c2cccs2)CCN1c1ccc(C(C)(C)O)cc1)S(C)(=O)=O.CNC[C@H]1CN(S(=O)(=O)c2cccs2)CCN1c1ccc(C(C)(C)O)cc1.CO.CS(=O)(=O)Cl. The van der Waals surface area contributed by atoms with E-state index in [2.05, 4.69) is 26.6 Å². The zero-order chi connectivity index (χ0) is 73.3. The third-order valence-corrected chi connectivity index (χ3v) is 26.8. The number of hydrogen-bond donors (Lipinski definition) is 6. The molecule has 3 aromatic carbocycles. The van der Waals surface area contributed by atoms with Gasteiger partial charge in [0.1, 0.15) is 12.6 Å². The van der Waals surface area contributed by atoms with Gasteiger partial charge in [-0.1, -0.05) is 54.6 Å². The van der Waals surface area contributed by atoms with Gasteiger partial charge in [-0.15, -0.1) is 34.0 Å². The van der Waals surface area contributed by atoms with Crippen molar-refractivity contribution in [3.05, 3.63) is 142 Å². The van der Waals surface area contributed by atoms with Crippen molar-refractivity contribution >= 4 is 121 Å². The summed E-state index contributed by atoms with van der Waals surface area (Å²) >= 11 is 3.58. The molecule has 3 aliphatic rings. The molecule has 546 valence electrons. The second kappa shape index (κ2) is 36.0. The van der Waals surface area contributed by atoms with E-state index in [1.807, 2.05) is 77.5 Å². The van der Waals surface area contributed by atoms with Crippen LogP contribution in [0.3, 0.4) is 0 Å². The Balaban J connectivity index is 0.000000291. The smallest absolute Gasteiger partial charge is 0.264 e. The number of anilines is 3. The first-order chi connectivity index (χ1) is 44.9. The highest BCUT2D eigenvalue weighted by Gasteiger charge is 2.39. The maximum absolute atomic E-state index is 13.0. The van der Waals surface area contributed by atoms with Gasteiger partial charge >= 0.3 is 0 Å². The standard InChI is InChI=1S/C20H29N3O5S3.C19H27N3O3S2.C19H26N2O6S3.CH3ClO2S.CH5N.CH4O/c1-20(2,24)16-7-9-17(10-8-16)23-12-11-22(31(27,28)19-6-5-13-29-19)15-18(23)14-21(3)30(4,25)26;1-19(2,23)15-6-8-16(9-7-15)22-11-10-21(14-17(22)13-20-3)27(24,25)18-5-4-12-26-18;1-19(2,22)15-6-8-16(9-7-15)21-11-10-20(13-17(21)14-27-29(3,23)24)30(25,26)18-5-4-12-28-18;1-5(2,3)4;2*1-2/h5-10,13,18,24H,11-12,14-15H2,1-4H3;4-9,12,17,20,23H,10-11,13-14H2,1-3H3;4-9,12,17,22H,10-11,13-14H2,1-3H3;1H3;2H2,1H3;2H,1H3/t18-;2*17-;;;/m001.../s1. The lowest BCUT2D eigenvalue weighted by Gasteiger charge is -2.43. The fourth-order valence-corrected chi connectivity index (χ4v) is 19.0. The molecule has 0 saturated carbocycles. The molecule has 97 heavy (non-hydrogen) atoms. The van der Waals surface area contributed by atoms with Gasteiger partial charge in [-0.25, -0.2) is 46.4 Å². The zero-order valence-corrected chi connectivity index (χ0v) is 64.8. The first-order valence-corrected chi connectivity index (χ1v) is 43.5. The largest absolute Gasteiger partial charge is 0.400 e. The van der Waals surface area contributed by atoms with E-state index in [0.717, 1.165) is 71.0 Å². The Morgan fingerprint density at radius 1 is 0.505 bits per heavy atom. The Hall–Kier alpha value is -4.29. The molecule has 6 heterocycles. The van der Waals surface area contributed by atoms with E-state index in [9.17, 15) is 65.8 Å². The minimum absolute atomic E-state index is 0.0338. The maximum atomic E-state index is 13.0. The van der Waals surface area contributed by atoms with E-state index in [1.54, 1.807) is 111 Å². The summed E-state index contributed by atoms with van der Waals surface area (Å²) in [5.74, 6) is 0. The Bertz CT molecular complexity index is 4060. The molecule has 0 aliphatic carbocycles. The molecule has 36 heteroatoms. The monoisotopic (exact) mass is 1550 g/mol. The first kappa shape index (κ1) is 85.1. The average molecular weight is 1550 g/mol. The fraction of sp³-hybridized carbons (Fsp3) is 0.508. The molecule has 3 aliphatic heterocycles. The molecule has 7 N–H and O–H groups in total. The highest BCUT2D eigenvalue weighted by atomic mass is 35.7. The van der Waals surface area contributed by atoms with Crippen molar-refractivity contribution in [3.8, 4) is 0 Å². The summed E-state index contributed by atoms with van der Waals surface area (Å²) in [5, 5.41) is 45.9. The van der Waals surface area contributed by atoms with Crippen molar-refractivity contribution in [1.82, 2.24) is 22.5 Å². The summed E-state index contributed by atoms with van der Waals surface area (Å²) in [4.78, 5) is 6.22. The van der Waals surface area contributed by atoms with Crippen LogP contribution < -0.4 is 25.8 Å². The van der Waals surface area contributed by atoms with Crippen molar-refractivity contribution in [3.63, 3.8) is 0 Å². The summed E-state index contributed by atoms with van der Waals surface area (Å²) in [6.45, 7) is 14.2. The number of thiophene rings is 3. The van der Waals surface area contributed by atoms with Crippen LogP contribution in [0.5, 0.6) is 0 Å². The van der Waals surface area contributed by atoms with Crippen molar-refractivity contribution in [2.75, 3.05) is 140 Å². The van der Waals surface area contributed by atoms with Crippen LogP contribution >= 0.6 is 44.7 Å². The van der Waals surface area contributed by atoms with E-state index < -0.39 is 82.1 Å². The van der Waals surface area contributed by atoms with Gasteiger partial charge in [0.25, 0.3) is 40.2 Å². The number of aliphatic hydroxyl groups is 4. The number of rotatable bonds is 20. The normalized spacial score (nSPS) is 18.2. The number of aliphatic hydroxyl groups excluding tert-OH is 1. The van der Waals surface area contributed by atoms with Crippen LogP contribution in [0.15, 0.2) is 138 Å². The summed E-state index contributed by atoms with van der Waals surface area (Å²) in [6.07, 6.45) is 3.03. The number of sulfonamides is 4. The lowest BCUT2D eigenvalue weighted by Crippen LogP contribution is -2.58. The number of piperazine rings is 3. The van der Waals surface area contributed by atoms with Gasteiger partial charge in [-0.2, -0.15) is 21.3 Å². The highest BCUT2D eigenvalue weighted by molar-refractivity contribution is 8.13. The molecule has 6 aromatic rings. The fourth-order valence-electron chi connectivity index (χ4n) is 10.3. The lowest BCUT2D eigenvalue weighted by atomic mass is 9.98. The van der Waals surface area contributed by atoms with Crippen molar-refractivity contribution in [1.29, 1.82) is 0 Å². The molecule has 0 spiro atoms. The van der Waals surface area contributed by atoms with Gasteiger partial charge in [0.15, 0.2) is 0 Å². The van der Waals surface area contributed by atoms with E-state index in [1.165, 1.54) is 49.7 Å². The van der Waals surface area contributed by atoms with Crippen LogP contribution in [0.4, 0.5) is 17.1 Å². The molecule has 0 radical (unpaired) electrons. The first-order valence-electron chi connectivity index (χ1n) is 30.1. The minimum Gasteiger partial charge on any atom is -0.400 e. The van der Waals surface area contributed by atoms with Crippen LogP contribution in [0.25, 0.3) is 0 Å². The van der Waals surface area contributed by atoms with E-state index in [4.69, 9.17) is 9.29 Å².